The van der Waals surface area contributed by atoms with Gasteiger partial charge in [0.05, 0.1) is 0 Å². The van der Waals surface area contributed by atoms with E-state index in [4.69, 9.17) is 0 Å². The molecule has 1 aromatic heterocycles. The third-order valence-corrected chi connectivity index (χ3v) is 3.67. The molecule has 25 heavy (non-hydrogen) atoms. The Morgan fingerprint density at radius 2 is 1.76 bits per heavy atom. The summed E-state index contributed by atoms with van der Waals surface area (Å²) in [6.07, 6.45) is 2.37. The highest BCUT2D eigenvalue weighted by Crippen LogP contribution is 2.06. The lowest BCUT2D eigenvalue weighted by atomic mass is 10.0. The van der Waals surface area contributed by atoms with Crippen molar-refractivity contribution in [1.29, 1.82) is 0 Å². The Bertz CT molecular complexity index is 674. The molecule has 0 bridgehead atoms. The summed E-state index contributed by atoms with van der Waals surface area (Å²) >= 11 is 0. The molecule has 3 amide bonds. The van der Waals surface area contributed by atoms with Gasteiger partial charge in [0.2, 0.25) is 5.91 Å². The second-order valence-electron chi connectivity index (χ2n) is 6.05. The normalized spacial score (nSPS) is 11.6. The predicted octanol–water partition coefficient (Wildman–Crippen LogP) is 2.59. The van der Waals surface area contributed by atoms with Crippen molar-refractivity contribution in [3.05, 3.63) is 60.4 Å². The number of hydrogen-bond acceptors (Lipinski definition) is 3. The van der Waals surface area contributed by atoms with Crippen LogP contribution in [0.1, 0.15) is 19.5 Å². The molecule has 0 aliphatic rings. The molecular weight excluding hydrogens is 316 g/mol. The summed E-state index contributed by atoms with van der Waals surface area (Å²) in [6, 6.07) is 13.8. The van der Waals surface area contributed by atoms with Crippen molar-refractivity contribution < 1.29 is 9.59 Å². The van der Waals surface area contributed by atoms with Crippen molar-refractivity contribution in [1.82, 2.24) is 15.6 Å². The quantitative estimate of drug-likeness (QED) is 0.724. The van der Waals surface area contributed by atoms with Gasteiger partial charge in [0.15, 0.2) is 0 Å². The molecule has 0 saturated heterocycles. The average Bonchev–Trinajstić information content (AvgIpc) is 2.61. The fourth-order valence-electron chi connectivity index (χ4n) is 2.33. The van der Waals surface area contributed by atoms with E-state index in [1.54, 1.807) is 18.3 Å². The Hall–Kier alpha value is -2.89. The number of rotatable bonds is 7. The minimum atomic E-state index is -0.604. The molecule has 6 heteroatoms. The van der Waals surface area contributed by atoms with Crippen LogP contribution in [-0.4, -0.2) is 29.5 Å². The van der Waals surface area contributed by atoms with Crippen molar-refractivity contribution >= 4 is 17.6 Å². The van der Waals surface area contributed by atoms with Gasteiger partial charge in [0.25, 0.3) is 0 Å². The van der Waals surface area contributed by atoms with E-state index in [2.05, 4.69) is 20.9 Å². The molecule has 1 atom stereocenters. The molecule has 0 spiro atoms. The number of anilines is 1. The molecule has 132 valence electrons. The third kappa shape index (κ3) is 6.25. The lowest BCUT2D eigenvalue weighted by molar-refractivity contribution is -0.123. The molecule has 3 N–H and O–H groups in total. The molecule has 0 radical (unpaired) electrons. The second kappa shape index (κ2) is 9.42. The minimum absolute atomic E-state index is 0.0311. The maximum Gasteiger partial charge on any atom is 0.319 e. The number of nitrogens with one attached hydrogen (secondary N) is 3. The SMILES string of the molecule is CC(C)C(NC(=O)Nc1ccccc1)C(=O)NCCc1ccccn1. The molecule has 0 aliphatic heterocycles. The zero-order chi connectivity index (χ0) is 18.1. The van der Waals surface area contributed by atoms with E-state index in [0.29, 0.717) is 18.7 Å². The summed E-state index contributed by atoms with van der Waals surface area (Å²) in [4.78, 5) is 28.7. The number of aromatic nitrogens is 1. The van der Waals surface area contributed by atoms with E-state index >= 15 is 0 Å². The van der Waals surface area contributed by atoms with Gasteiger partial charge in [-0.3, -0.25) is 9.78 Å². The Balaban J connectivity index is 1.84. The largest absolute Gasteiger partial charge is 0.354 e. The van der Waals surface area contributed by atoms with Gasteiger partial charge in [-0.25, -0.2) is 4.79 Å². The standard InChI is InChI=1S/C19H24N4O2/c1-14(2)17(23-19(25)22-16-9-4-3-5-10-16)18(24)21-13-11-15-8-6-7-12-20-15/h3-10,12,14,17H,11,13H2,1-2H3,(H,21,24)(H2,22,23,25). The lowest BCUT2D eigenvalue weighted by Gasteiger charge is -2.22. The van der Waals surface area contributed by atoms with Crippen molar-refractivity contribution in [2.75, 3.05) is 11.9 Å². The Morgan fingerprint density at radius 3 is 2.40 bits per heavy atom. The van der Waals surface area contributed by atoms with Gasteiger partial charge in [-0.05, 0) is 30.2 Å². The van der Waals surface area contributed by atoms with Crippen molar-refractivity contribution in [2.45, 2.75) is 26.3 Å². The predicted molar refractivity (Wildman–Crippen MR) is 98.2 cm³/mol. The zero-order valence-corrected chi connectivity index (χ0v) is 14.5. The maximum absolute atomic E-state index is 12.4. The molecule has 2 aromatic rings. The van der Waals surface area contributed by atoms with Gasteiger partial charge >= 0.3 is 6.03 Å². The van der Waals surface area contributed by atoms with Gasteiger partial charge in [0.1, 0.15) is 6.04 Å². The van der Waals surface area contributed by atoms with Crippen LogP contribution in [-0.2, 0) is 11.2 Å². The molecule has 1 unspecified atom stereocenters. The van der Waals surface area contributed by atoms with Gasteiger partial charge in [-0.1, -0.05) is 38.1 Å². The number of para-hydroxylation sites is 1. The smallest absolute Gasteiger partial charge is 0.319 e. The monoisotopic (exact) mass is 340 g/mol. The van der Waals surface area contributed by atoms with E-state index < -0.39 is 12.1 Å². The van der Waals surface area contributed by atoms with Crippen LogP contribution in [0.4, 0.5) is 10.5 Å². The van der Waals surface area contributed by atoms with Gasteiger partial charge < -0.3 is 16.0 Å². The van der Waals surface area contributed by atoms with Gasteiger partial charge in [-0.2, -0.15) is 0 Å². The van der Waals surface area contributed by atoms with Crippen molar-refractivity contribution in [3.63, 3.8) is 0 Å². The Morgan fingerprint density at radius 1 is 1.04 bits per heavy atom. The number of amides is 3. The number of carbonyl (C=O) groups excluding carboxylic acids is 2. The summed E-state index contributed by atoms with van der Waals surface area (Å²) in [5, 5.41) is 8.32. The van der Waals surface area contributed by atoms with E-state index in [-0.39, 0.29) is 11.8 Å². The second-order valence-corrected chi connectivity index (χ2v) is 6.05. The Labute approximate surface area is 148 Å². The van der Waals surface area contributed by atoms with Crippen LogP contribution in [0.3, 0.4) is 0 Å². The van der Waals surface area contributed by atoms with E-state index in [0.717, 1.165) is 5.69 Å². The van der Waals surface area contributed by atoms with Crippen molar-refractivity contribution in [2.24, 2.45) is 5.92 Å². The summed E-state index contributed by atoms with van der Waals surface area (Å²) in [5.41, 5.74) is 1.59. The highest BCUT2D eigenvalue weighted by atomic mass is 16.2. The van der Waals surface area contributed by atoms with Gasteiger partial charge in [0, 0.05) is 30.5 Å². The van der Waals surface area contributed by atoms with Crippen LogP contribution >= 0.6 is 0 Å². The minimum Gasteiger partial charge on any atom is -0.354 e. The van der Waals surface area contributed by atoms with Crippen LogP contribution in [0.2, 0.25) is 0 Å². The summed E-state index contributed by atoms with van der Waals surface area (Å²) < 4.78 is 0. The van der Waals surface area contributed by atoms with Crippen LogP contribution in [0.5, 0.6) is 0 Å². The first-order valence-corrected chi connectivity index (χ1v) is 8.36. The first kappa shape index (κ1) is 18.4. The number of hydrogen-bond donors (Lipinski definition) is 3. The number of pyridine rings is 1. The first-order chi connectivity index (χ1) is 12.1. The third-order valence-electron chi connectivity index (χ3n) is 3.67. The number of nitrogens with zero attached hydrogens (tertiary/aromatic N) is 1. The fourth-order valence-corrected chi connectivity index (χ4v) is 2.33. The molecule has 0 saturated carbocycles. The van der Waals surface area contributed by atoms with E-state index in [9.17, 15) is 9.59 Å². The zero-order valence-electron chi connectivity index (χ0n) is 14.5. The lowest BCUT2D eigenvalue weighted by Crippen LogP contribution is -2.51. The summed E-state index contributed by atoms with van der Waals surface area (Å²) in [5.74, 6) is -0.231. The highest BCUT2D eigenvalue weighted by Gasteiger charge is 2.23. The topological polar surface area (TPSA) is 83.1 Å². The molecule has 6 nitrogen and oxygen atoms in total. The van der Waals surface area contributed by atoms with Crippen LogP contribution < -0.4 is 16.0 Å². The first-order valence-electron chi connectivity index (χ1n) is 8.36. The number of carbonyl (C=O) groups is 2. The van der Waals surface area contributed by atoms with Crippen molar-refractivity contribution in [3.8, 4) is 0 Å². The van der Waals surface area contributed by atoms with Crippen LogP contribution in [0.25, 0.3) is 0 Å². The molecule has 0 fully saturated rings. The number of benzene rings is 1. The molecule has 0 aliphatic carbocycles. The van der Waals surface area contributed by atoms with Gasteiger partial charge in [-0.15, -0.1) is 0 Å². The summed E-state index contributed by atoms with van der Waals surface area (Å²) in [6.45, 7) is 4.26. The molecule has 2 rings (SSSR count). The van der Waals surface area contributed by atoms with Crippen LogP contribution in [0.15, 0.2) is 54.7 Å². The summed E-state index contributed by atoms with van der Waals surface area (Å²) in [7, 11) is 0. The maximum atomic E-state index is 12.4. The van der Waals surface area contributed by atoms with E-state index in [1.165, 1.54) is 0 Å². The van der Waals surface area contributed by atoms with E-state index in [1.807, 2.05) is 50.2 Å². The number of urea groups is 1. The Kier molecular flexibility index (Phi) is 6.95. The molecular formula is C19H24N4O2. The highest BCUT2D eigenvalue weighted by molar-refractivity contribution is 5.93. The van der Waals surface area contributed by atoms with Crippen LogP contribution in [0, 0.1) is 5.92 Å². The molecule has 1 heterocycles. The molecule has 1 aromatic carbocycles. The fraction of sp³-hybridized carbons (Fsp3) is 0.316. The average molecular weight is 340 g/mol.